The Balaban J connectivity index is 2.33. The Labute approximate surface area is 129 Å². The highest BCUT2D eigenvalue weighted by Crippen LogP contribution is 2.35. The van der Waals surface area contributed by atoms with Crippen LogP contribution in [0, 0.1) is 6.92 Å². The Bertz CT molecular complexity index is 585. The Hall–Kier alpha value is -0.370. The largest absolute Gasteiger partial charge is 0.225 e. The average Bonchev–Trinajstić information content (AvgIpc) is 2.82. The number of hydrogen-bond acceptors (Lipinski definition) is 7. The van der Waals surface area contributed by atoms with Gasteiger partial charge < -0.3 is 0 Å². The third kappa shape index (κ3) is 3.59. The number of rotatable bonds is 4. The van der Waals surface area contributed by atoms with Gasteiger partial charge in [-0.2, -0.15) is 0 Å². The minimum atomic E-state index is 0.244. The monoisotopic (exact) mass is 332 g/mol. The van der Waals surface area contributed by atoms with Gasteiger partial charge in [0.05, 0.1) is 0 Å². The second kappa shape index (κ2) is 6.39. The molecule has 8 heteroatoms. The summed E-state index contributed by atoms with van der Waals surface area (Å²) < 4.78 is 1.82. The van der Waals surface area contributed by atoms with Crippen LogP contribution in [-0.2, 0) is 0 Å². The van der Waals surface area contributed by atoms with Crippen molar-refractivity contribution < 1.29 is 0 Å². The molecule has 19 heavy (non-hydrogen) atoms. The van der Waals surface area contributed by atoms with E-state index in [1.807, 2.05) is 27.0 Å². The molecule has 2 aromatic heterocycles. The lowest BCUT2D eigenvalue weighted by Crippen LogP contribution is -2.01. The summed E-state index contributed by atoms with van der Waals surface area (Å²) >= 11 is 10.8. The lowest BCUT2D eigenvalue weighted by molar-refractivity contribution is 0.747. The van der Waals surface area contributed by atoms with Gasteiger partial charge in [0, 0.05) is 11.5 Å². The summed E-state index contributed by atoms with van der Waals surface area (Å²) in [5.41, 5.74) is 0.886. The number of halogens is 1. The maximum Gasteiger partial charge on any atom is 0.181 e. The molecule has 0 aliphatic rings. The van der Waals surface area contributed by atoms with E-state index in [1.54, 1.807) is 23.1 Å². The molecule has 0 saturated heterocycles. The van der Waals surface area contributed by atoms with E-state index in [0.717, 1.165) is 25.1 Å². The minimum absolute atomic E-state index is 0.244. The van der Waals surface area contributed by atoms with E-state index in [1.165, 1.54) is 11.8 Å². The molecule has 0 N–H and O–H groups in total. The molecule has 0 aromatic carbocycles. The van der Waals surface area contributed by atoms with Crippen LogP contribution in [0.25, 0.3) is 0 Å². The van der Waals surface area contributed by atoms with E-state index in [-0.39, 0.29) is 5.92 Å². The Morgan fingerprint density at radius 2 is 1.84 bits per heavy atom. The molecular weight excluding hydrogens is 320 g/mol. The van der Waals surface area contributed by atoms with E-state index in [0.29, 0.717) is 5.15 Å². The van der Waals surface area contributed by atoms with Gasteiger partial charge in [-0.3, -0.25) is 0 Å². The fourth-order valence-electron chi connectivity index (χ4n) is 1.25. The van der Waals surface area contributed by atoms with Gasteiger partial charge in [-0.1, -0.05) is 48.5 Å². The molecule has 0 spiro atoms. The van der Waals surface area contributed by atoms with Crippen LogP contribution in [0.2, 0.25) is 5.15 Å². The first-order valence-electron chi connectivity index (χ1n) is 5.60. The highest BCUT2D eigenvalue weighted by Gasteiger charge is 2.15. The molecule has 0 aliphatic heterocycles. The van der Waals surface area contributed by atoms with Gasteiger partial charge in [-0.25, -0.2) is 9.97 Å². The second-order valence-electron chi connectivity index (χ2n) is 4.10. The topological polar surface area (TPSA) is 51.6 Å². The second-order valence-corrected chi connectivity index (χ2v) is 7.72. The molecular formula is C11H13ClN4S3. The zero-order valence-electron chi connectivity index (χ0n) is 11.0. The number of aromatic nitrogens is 4. The van der Waals surface area contributed by atoms with Crippen LogP contribution in [0.3, 0.4) is 0 Å². The van der Waals surface area contributed by atoms with Gasteiger partial charge >= 0.3 is 0 Å². The van der Waals surface area contributed by atoms with Gasteiger partial charge in [0.1, 0.15) is 16.0 Å². The van der Waals surface area contributed by atoms with Crippen LogP contribution in [0.15, 0.2) is 13.7 Å². The number of hydrogen-bond donors (Lipinski definition) is 0. The van der Waals surface area contributed by atoms with Crippen molar-refractivity contribution in [1.82, 2.24) is 20.2 Å². The first-order valence-corrected chi connectivity index (χ1v) is 8.84. The average molecular weight is 333 g/mol. The minimum Gasteiger partial charge on any atom is -0.225 e. The fourth-order valence-corrected chi connectivity index (χ4v) is 3.92. The number of nitrogens with zero attached hydrogens (tertiary/aromatic N) is 4. The lowest BCUT2D eigenvalue weighted by Gasteiger charge is -2.09. The van der Waals surface area contributed by atoms with Crippen molar-refractivity contribution in [3.63, 3.8) is 0 Å². The predicted octanol–water partition coefficient (Wildman–Crippen LogP) is 4.29. The van der Waals surface area contributed by atoms with Crippen molar-refractivity contribution in [2.45, 2.75) is 40.4 Å². The first kappa shape index (κ1) is 15.0. The van der Waals surface area contributed by atoms with Gasteiger partial charge in [0.15, 0.2) is 8.68 Å². The summed E-state index contributed by atoms with van der Waals surface area (Å²) in [6.45, 7) is 6.02. The van der Waals surface area contributed by atoms with Crippen molar-refractivity contribution in [2.24, 2.45) is 0 Å². The van der Waals surface area contributed by atoms with Gasteiger partial charge in [-0.05, 0) is 24.9 Å². The maximum absolute atomic E-state index is 6.16. The number of thioether (sulfide) groups is 1. The first-order chi connectivity index (χ1) is 9.01. The van der Waals surface area contributed by atoms with E-state index >= 15 is 0 Å². The van der Waals surface area contributed by atoms with Crippen molar-refractivity contribution >= 4 is 46.5 Å². The van der Waals surface area contributed by atoms with Crippen LogP contribution in [0.4, 0.5) is 0 Å². The van der Waals surface area contributed by atoms with E-state index in [9.17, 15) is 0 Å². The van der Waals surface area contributed by atoms with Crippen molar-refractivity contribution in [3.05, 3.63) is 16.5 Å². The van der Waals surface area contributed by atoms with Crippen LogP contribution in [0.5, 0.6) is 0 Å². The molecule has 0 atom stereocenters. The van der Waals surface area contributed by atoms with E-state index in [2.05, 4.69) is 20.2 Å². The molecule has 0 radical (unpaired) electrons. The summed E-state index contributed by atoms with van der Waals surface area (Å²) in [7, 11) is 0. The van der Waals surface area contributed by atoms with E-state index in [4.69, 9.17) is 11.6 Å². The van der Waals surface area contributed by atoms with Gasteiger partial charge in [0.25, 0.3) is 0 Å². The maximum atomic E-state index is 6.16. The smallest absolute Gasteiger partial charge is 0.181 e. The quantitative estimate of drug-likeness (QED) is 0.615. The van der Waals surface area contributed by atoms with Gasteiger partial charge in [-0.15, -0.1) is 10.2 Å². The molecule has 0 aliphatic carbocycles. The van der Waals surface area contributed by atoms with Crippen molar-refractivity contribution in [3.8, 4) is 0 Å². The predicted molar refractivity (Wildman–Crippen MR) is 81.7 cm³/mol. The van der Waals surface area contributed by atoms with Crippen LogP contribution < -0.4 is 0 Å². The zero-order valence-corrected chi connectivity index (χ0v) is 14.2. The highest BCUT2D eigenvalue weighted by atomic mass is 35.5. The summed E-state index contributed by atoms with van der Waals surface area (Å²) in [5.74, 6) is 1.00. The van der Waals surface area contributed by atoms with Crippen molar-refractivity contribution in [1.29, 1.82) is 0 Å². The Kier molecular flexibility index (Phi) is 5.05. The molecule has 0 fully saturated rings. The molecule has 0 saturated carbocycles. The third-order valence-electron chi connectivity index (χ3n) is 2.32. The van der Waals surface area contributed by atoms with E-state index < -0.39 is 0 Å². The molecule has 0 bridgehead atoms. The normalized spacial score (nSPS) is 11.3. The molecule has 4 nitrogen and oxygen atoms in total. The Morgan fingerprint density at radius 1 is 1.16 bits per heavy atom. The third-order valence-corrected chi connectivity index (χ3v) is 5.73. The summed E-state index contributed by atoms with van der Waals surface area (Å²) in [6, 6.07) is 0. The van der Waals surface area contributed by atoms with Crippen LogP contribution >= 0.6 is 46.5 Å². The molecule has 2 rings (SSSR count). The molecule has 2 aromatic rings. The van der Waals surface area contributed by atoms with Crippen LogP contribution in [0.1, 0.15) is 31.2 Å². The highest BCUT2D eigenvalue weighted by molar-refractivity contribution is 8.03. The molecule has 102 valence electrons. The molecule has 0 amide bonds. The standard InChI is InChI=1S/C11H13ClN4S3/c1-5(2)8-13-7(12)6(3)9(14-8)18-11-16-15-10(17-4)19-11/h5H,1-4H3. The SMILES string of the molecule is CSc1nnc(Sc2nc(C(C)C)nc(Cl)c2C)s1. The van der Waals surface area contributed by atoms with Crippen LogP contribution in [-0.4, -0.2) is 26.4 Å². The summed E-state index contributed by atoms with van der Waals surface area (Å²) in [6.07, 6.45) is 1.98. The molecule has 2 heterocycles. The van der Waals surface area contributed by atoms with Crippen molar-refractivity contribution in [2.75, 3.05) is 6.26 Å². The molecule has 0 unspecified atom stereocenters. The Morgan fingerprint density at radius 3 is 2.42 bits per heavy atom. The fraction of sp³-hybridized carbons (Fsp3) is 0.455. The summed E-state index contributed by atoms with van der Waals surface area (Å²) in [5, 5.41) is 9.57. The summed E-state index contributed by atoms with van der Waals surface area (Å²) in [4.78, 5) is 8.86. The van der Waals surface area contributed by atoms with Gasteiger partial charge in [0.2, 0.25) is 0 Å². The zero-order chi connectivity index (χ0) is 14.0. The lowest BCUT2D eigenvalue weighted by atomic mass is 10.2.